The molecule has 0 aliphatic heterocycles. The zero-order chi connectivity index (χ0) is 56.5. The van der Waals surface area contributed by atoms with Crippen LogP contribution in [0.15, 0.2) is 69.5 Å². The molecule has 2 atom stereocenters. The van der Waals surface area contributed by atoms with Crippen molar-refractivity contribution in [3.63, 3.8) is 0 Å². The first kappa shape index (κ1) is 60.2. The standard InChI is InChI=1S/2C25H36N4O7SSi/c2*1-9-35-24(30)18(3)37(31,32)28(15-16-38(6,7)8)25-27-26-23(21-14-13-17(2)36-21)29(25)22-19(33-4)11-10-12-20(22)34-5/h2*10-14,18H,9,15-16H2,1-8H3/t2*18-/m10/s1. The van der Waals surface area contributed by atoms with Crippen molar-refractivity contribution in [2.45, 2.75) is 103 Å². The maximum atomic E-state index is 14.0. The summed E-state index contributed by atoms with van der Waals surface area (Å²) in [7, 11) is -6.05. The number of methoxy groups -OCH3 is 4. The van der Waals surface area contributed by atoms with E-state index in [0.717, 1.165) is 8.61 Å². The van der Waals surface area contributed by atoms with Crippen molar-refractivity contribution in [1.29, 1.82) is 0 Å². The first-order valence-corrected chi connectivity index (χ1v) is 35.0. The van der Waals surface area contributed by atoms with Gasteiger partial charge in [0.15, 0.2) is 22.0 Å². The molecule has 0 fully saturated rings. The Morgan fingerprint density at radius 2 is 0.868 bits per heavy atom. The number of carbonyl (C=O) groups is 2. The highest BCUT2D eigenvalue weighted by molar-refractivity contribution is 7.94. The predicted octanol–water partition coefficient (Wildman–Crippen LogP) is 8.56. The van der Waals surface area contributed by atoms with Crippen molar-refractivity contribution < 1.29 is 63.7 Å². The Kier molecular flexibility index (Phi) is 19.8. The SMILES string of the molecule is CCOC(=O)[C@@H](C)S(=O)(=O)N(CC[Si](C)(C)C)c1nnc(-c2ccc(C)o2)n1-c1c(OC)cccc1OC.CCOC(=O)[C@H](C)S(=O)(=O)N(CC[Si](C)(C)C)c1nnc(-c2ccc(C)o2)n1-c1c(OC)cccc1OC. The number of esters is 2. The first-order chi connectivity index (χ1) is 35.7. The van der Waals surface area contributed by atoms with E-state index in [1.165, 1.54) is 51.4 Å². The summed E-state index contributed by atoms with van der Waals surface area (Å²) >= 11 is 0. The number of hydrogen-bond donors (Lipinski definition) is 0. The molecule has 4 heterocycles. The van der Waals surface area contributed by atoms with E-state index in [1.807, 2.05) is 0 Å². The second kappa shape index (κ2) is 25.0. The predicted molar refractivity (Wildman–Crippen MR) is 295 cm³/mol. The van der Waals surface area contributed by atoms with Crippen LogP contribution in [0.3, 0.4) is 0 Å². The molecule has 416 valence electrons. The van der Waals surface area contributed by atoms with Gasteiger partial charge in [0.05, 0.1) is 41.7 Å². The van der Waals surface area contributed by atoms with Gasteiger partial charge in [-0.25, -0.2) is 25.4 Å². The molecule has 6 rings (SSSR count). The minimum atomic E-state index is -4.29. The highest BCUT2D eigenvalue weighted by atomic mass is 32.2. The number of aryl methyl sites for hydroxylation is 2. The quantitative estimate of drug-likeness (QED) is 0.0406. The molecule has 76 heavy (non-hydrogen) atoms. The molecule has 26 heteroatoms. The van der Waals surface area contributed by atoms with Crippen LogP contribution in [0.1, 0.15) is 39.2 Å². The normalized spacial score (nSPS) is 12.7. The van der Waals surface area contributed by atoms with Crippen LogP contribution in [-0.2, 0) is 39.1 Å². The third kappa shape index (κ3) is 13.7. The van der Waals surface area contributed by atoms with Gasteiger partial charge in [-0.05, 0) is 102 Å². The van der Waals surface area contributed by atoms with Gasteiger partial charge in [0, 0.05) is 29.2 Å². The fourth-order valence-corrected chi connectivity index (χ4v) is 12.4. The summed E-state index contributed by atoms with van der Waals surface area (Å²) in [5.41, 5.74) is 0.775. The lowest BCUT2D eigenvalue weighted by Gasteiger charge is -2.29. The van der Waals surface area contributed by atoms with Crippen molar-refractivity contribution in [2.75, 3.05) is 63.4 Å². The lowest BCUT2D eigenvalue weighted by molar-refractivity contribution is -0.143. The molecule has 4 aromatic heterocycles. The summed E-state index contributed by atoms with van der Waals surface area (Å²) in [6, 6.07) is 18.6. The monoisotopic (exact) mass is 1130 g/mol. The maximum Gasteiger partial charge on any atom is 0.325 e. The molecule has 0 spiro atoms. The number of ether oxygens (including phenoxy) is 6. The molecular formula is C50H72N8O14S2Si2. The second-order valence-corrected chi connectivity index (χ2v) is 35.4. The number of para-hydroxylation sites is 2. The highest BCUT2D eigenvalue weighted by Crippen LogP contribution is 2.42. The number of aromatic nitrogens is 6. The molecule has 22 nitrogen and oxygen atoms in total. The van der Waals surface area contributed by atoms with Gasteiger partial charge < -0.3 is 37.3 Å². The number of carbonyl (C=O) groups excluding carboxylic acids is 2. The van der Waals surface area contributed by atoms with Gasteiger partial charge in [-0.1, -0.05) is 51.4 Å². The van der Waals surface area contributed by atoms with Crippen LogP contribution in [-0.4, -0.2) is 140 Å². The van der Waals surface area contributed by atoms with E-state index in [9.17, 15) is 26.4 Å². The summed E-state index contributed by atoms with van der Waals surface area (Å²) in [6.45, 7) is 22.6. The molecule has 2 aromatic carbocycles. The molecule has 0 radical (unpaired) electrons. The van der Waals surface area contributed by atoms with Gasteiger partial charge in [0.25, 0.3) is 20.0 Å². The lowest BCUT2D eigenvalue weighted by Crippen LogP contribution is -2.45. The van der Waals surface area contributed by atoms with Crippen molar-refractivity contribution in [3.8, 4) is 57.5 Å². The smallest absolute Gasteiger partial charge is 0.325 e. The van der Waals surface area contributed by atoms with E-state index in [2.05, 4.69) is 59.7 Å². The zero-order valence-corrected chi connectivity index (χ0v) is 49.9. The Hall–Kier alpha value is -6.65. The molecular weight excluding hydrogens is 1060 g/mol. The molecule has 0 unspecified atom stereocenters. The summed E-state index contributed by atoms with van der Waals surface area (Å²) in [5.74, 6) is 2.38. The van der Waals surface area contributed by atoms with E-state index in [0.29, 0.717) is 69.5 Å². The molecule has 0 amide bonds. The molecule has 0 aliphatic rings. The Morgan fingerprint density at radius 3 is 1.12 bits per heavy atom. The van der Waals surface area contributed by atoms with Crippen molar-refractivity contribution in [2.24, 2.45) is 0 Å². The molecule has 0 aliphatic carbocycles. The Morgan fingerprint density at radius 1 is 0.553 bits per heavy atom. The van der Waals surface area contributed by atoms with Crippen LogP contribution >= 0.6 is 0 Å². The van der Waals surface area contributed by atoms with Gasteiger partial charge in [-0.15, -0.1) is 20.4 Å². The number of benzene rings is 2. The zero-order valence-electron chi connectivity index (χ0n) is 46.3. The van der Waals surface area contributed by atoms with Crippen molar-refractivity contribution in [1.82, 2.24) is 29.5 Å². The summed E-state index contributed by atoms with van der Waals surface area (Å²) in [4.78, 5) is 25.2. The van der Waals surface area contributed by atoms with Crippen LogP contribution in [0.4, 0.5) is 11.9 Å². The van der Waals surface area contributed by atoms with E-state index in [1.54, 1.807) is 88.4 Å². The number of sulfonamides is 2. The number of hydrogen-bond acceptors (Lipinski definition) is 18. The number of furan rings is 2. The van der Waals surface area contributed by atoms with E-state index < -0.39 is 58.6 Å². The summed E-state index contributed by atoms with van der Waals surface area (Å²) < 4.78 is 106. The van der Waals surface area contributed by atoms with Crippen LogP contribution in [0, 0.1) is 13.8 Å². The molecule has 0 saturated heterocycles. The number of anilines is 2. The minimum absolute atomic E-state index is 0.0220. The van der Waals surface area contributed by atoms with E-state index >= 15 is 0 Å². The van der Waals surface area contributed by atoms with Gasteiger partial charge >= 0.3 is 11.9 Å². The van der Waals surface area contributed by atoms with Gasteiger partial charge in [0.1, 0.15) is 45.9 Å². The van der Waals surface area contributed by atoms with Crippen LogP contribution in [0.25, 0.3) is 34.5 Å². The fourth-order valence-electron chi connectivity index (χ4n) is 7.52. The van der Waals surface area contributed by atoms with Gasteiger partial charge in [-0.3, -0.25) is 18.7 Å². The summed E-state index contributed by atoms with van der Waals surface area (Å²) in [5, 5.41) is 14.4. The minimum Gasteiger partial charge on any atom is -0.494 e. The molecule has 6 aromatic rings. The van der Waals surface area contributed by atoms with Crippen LogP contribution in [0.2, 0.25) is 51.4 Å². The fraction of sp³-hybridized carbons (Fsp3) is 0.480. The van der Waals surface area contributed by atoms with E-state index in [-0.39, 0.29) is 49.8 Å². The van der Waals surface area contributed by atoms with Crippen molar-refractivity contribution >= 4 is 60.0 Å². The summed E-state index contributed by atoms with van der Waals surface area (Å²) in [6.07, 6.45) is 0. The Bertz CT molecular complexity index is 2920. The van der Waals surface area contributed by atoms with Crippen LogP contribution < -0.4 is 27.6 Å². The average molecular weight is 1130 g/mol. The molecule has 0 bridgehead atoms. The largest absolute Gasteiger partial charge is 0.494 e. The number of nitrogens with zero attached hydrogens (tertiary/aromatic N) is 8. The first-order valence-electron chi connectivity index (χ1n) is 24.5. The second-order valence-electron chi connectivity index (χ2n) is 19.8. The third-order valence-electron chi connectivity index (χ3n) is 11.8. The third-order valence-corrected chi connectivity index (χ3v) is 19.3. The highest BCUT2D eigenvalue weighted by Gasteiger charge is 2.42. The lowest BCUT2D eigenvalue weighted by atomic mass is 10.2. The average Bonchev–Trinajstić information content (AvgIpc) is 4.19. The Balaban J connectivity index is 0.000000281. The van der Waals surface area contributed by atoms with E-state index in [4.69, 9.17) is 37.3 Å². The topological polar surface area (TPSA) is 252 Å². The number of rotatable bonds is 24. The molecule has 0 N–H and O–H groups in total. The van der Waals surface area contributed by atoms with Gasteiger partial charge in [0.2, 0.25) is 23.5 Å². The Labute approximate surface area is 447 Å². The molecule has 0 saturated carbocycles. The van der Waals surface area contributed by atoms with Gasteiger partial charge in [-0.2, -0.15) is 0 Å². The van der Waals surface area contributed by atoms with Crippen molar-refractivity contribution in [3.05, 3.63) is 72.2 Å². The maximum absolute atomic E-state index is 14.0. The van der Waals surface area contributed by atoms with Crippen LogP contribution in [0.5, 0.6) is 23.0 Å².